The fourth-order valence-corrected chi connectivity index (χ4v) is 3.25. The lowest BCUT2D eigenvalue weighted by Crippen LogP contribution is -2.35. The maximum absolute atomic E-state index is 13.6. The van der Waals surface area contributed by atoms with Crippen LogP contribution in [-0.2, 0) is 15.8 Å². The van der Waals surface area contributed by atoms with E-state index in [1.165, 1.54) is 18.2 Å². The van der Waals surface area contributed by atoms with Crippen LogP contribution in [-0.4, -0.2) is 34.0 Å². The number of benzene rings is 1. The normalized spacial score (nSPS) is 13.5. The number of furan rings is 1. The van der Waals surface area contributed by atoms with Gasteiger partial charge in [0.25, 0.3) is 0 Å². The molecule has 0 aliphatic heterocycles. The Kier molecular flexibility index (Phi) is 5.33. The number of likely N-dealkylation sites (N-methyl/N-ethyl adjacent to an activating group) is 1. The summed E-state index contributed by atoms with van der Waals surface area (Å²) >= 11 is 0. The van der Waals surface area contributed by atoms with Crippen molar-refractivity contribution in [3.05, 3.63) is 59.8 Å². The van der Waals surface area contributed by atoms with Gasteiger partial charge in [0.1, 0.15) is 11.6 Å². The third-order valence-corrected chi connectivity index (χ3v) is 4.59. The number of hydrogen-bond acceptors (Lipinski definition) is 4. The standard InChI is InChI=1S/C15H19FN2O3S/c1-18(2)14(15-8-5-9-21-15)10-17-22(19,20)11-12-6-3-4-7-13(12)16/h3-9,14,17H,10-11H2,1-2H3. The molecule has 1 atom stereocenters. The molecule has 1 aromatic heterocycles. The van der Waals surface area contributed by atoms with Crippen LogP contribution in [0.4, 0.5) is 4.39 Å². The van der Waals surface area contributed by atoms with Gasteiger partial charge in [-0.05, 0) is 32.3 Å². The zero-order valence-corrected chi connectivity index (χ0v) is 13.3. The van der Waals surface area contributed by atoms with Crippen molar-refractivity contribution in [1.82, 2.24) is 9.62 Å². The van der Waals surface area contributed by atoms with Crippen LogP contribution in [0.5, 0.6) is 0 Å². The van der Waals surface area contributed by atoms with E-state index in [2.05, 4.69) is 4.72 Å². The zero-order valence-electron chi connectivity index (χ0n) is 12.5. The Morgan fingerprint density at radius 2 is 1.95 bits per heavy atom. The summed E-state index contributed by atoms with van der Waals surface area (Å²) in [5.74, 6) is -0.250. The minimum Gasteiger partial charge on any atom is -0.468 e. The lowest BCUT2D eigenvalue weighted by Gasteiger charge is -2.22. The number of nitrogens with one attached hydrogen (secondary N) is 1. The predicted molar refractivity (Wildman–Crippen MR) is 82.2 cm³/mol. The van der Waals surface area contributed by atoms with Gasteiger partial charge in [0.2, 0.25) is 10.0 Å². The quantitative estimate of drug-likeness (QED) is 0.847. The molecule has 120 valence electrons. The van der Waals surface area contributed by atoms with E-state index in [-0.39, 0.29) is 18.2 Å². The van der Waals surface area contributed by atoms with Crippen molar-refractivity contribution < 1.29 is 17.2 Å². The highest BCUT2D eigenvalue weighted by atomic mass is 32.2. The molecule has 0 radical (unpaired) electrons. The van der Waals surface area contributed by atoms with Gasteiger partial charge in [-0.25, -0.2) is 17.5 Å². The number of rotatable bonds is 7. The number of nitrogens with zero attached hydrogens (tertiary/aromatic N) is 1. The lowest BCUT2D eigenvalue weighted by atomic mass is 10.2. The molecule has 0 aliphatic rings. The first kappa shape index (κ1) is 16.7. The Bertz CT molecular complexity index is 699. The van der Waals surface area contributed by atoms with Crippen molar-refractivity contribution in [1.29, 1.82) is 0 Å². The second-order valence-corrected chi connectivity index (χ2v) is 7.00. The van der Waals surface area contributed by atoms with Crippen molar-refractivity contribution in [2.45, 2.75) is 11.8 Å². The van der Waals surface area contributed by atoms with Gasteiger partial charge >= 0.3 is 0 Å². The fraction of sp³-hybridized carbons (Fsp3) is 0.333. The summed E-state index contributed by atoms with van der Waals surface area (Å²) in [6.45, 7) is 0.150. The Hall–Kier alpha value is -1.70. The van der Waals surface area contributed by atoms with E-state index in [9.17, 15) is 12.8 Å². The van der Waals surface area contributed by atoms with Crippen LogP contribution in [0, 0.1) is 5.82 Å². The maximum atomic E-state index is 13.6. The Labute approximate surface area is 129 Å². The van der Waals surface area contributed by atoms with Crippen molar-refractivity contribution in [2.24, 2.45) is 0 Å². The van der Waals surface area contributed by atoms with Crippen LogP contribution < -0.4 is 4.72 Å². The van der Waals surface area contributed by atoms with E-state index in [0.717, 1.165) is 0 Å². The molecule has 5 nitrogen and oxygen atoms in total. The molecule has 1 unspecified atom stereocenters. The fourth-order valence-electron chi connectivity index (χ4n) is 2.10. The van der Waals surface area contributed by atoms with Gasteiger partial charge in [-0.2, -0.15) is 0 Å². The molecule has 7 heteroatoms. The van der Waals surface area contributed by atoms with E-state index in [1.54, 1.807) is 24.5 Å². The number of hydrogen-bond donors (Lipinski definition) is 1. The summed E-state index contributed by atoms with van der Waals surface area (Å²) in [5, 5.41) is 0. The molecule has 0 aliphatic carbocycles. The highest BCUT2D eigenvalue weighted by Crippen LogP contribution is 2.18. The monoisotopic (exact) mass is 326 g/mol. The van der Waals surface area contributed by atoms with E-state index >= 15 is 0 Å². The smallest absolute Gasteiger partial charge is 0.215 e. The molecule has 2 rings (SSSR count). The van der Waals surface area contributed by atoms with E-state index in [0.29, 0.717) is 5.76 Å². The molecule has 0 amide bonds. The third kappa shape index (κ3) is 4.40. The van der Waals surface area contributed by atoms with Gasteiger partial charge < -0.3 is 4.42 Å². The Morgan fingerprint density at radius 1 is 1.23 bits per heavy atom. The lowest BCUT2D eigenvalue weighted by molar-refractivity contribution is 0.259. The summed E-state index contributed by atoms with van der Waals surface area (Å²) in [4.78, 5) is 1.85. The third-order valence-electron chi connectivity index (χ3n) is 3.29. The van der Waals surface area contributed by atoms with Gasteiger partial charge in [0.15, 0.2) is 0 Å². The molecule has 1 heterocycles. The summed E-state index contributed by atoms with van der Waals surface area (Å²) in [5.41, 5.74) is 0.148. The zero-order chi connectivity index (χ0) is 16.2. The van der Waals surface area contributed by atoms with Crippen LogP contribution in [0.2, 0.25) is 0 Å². The van der Waals surface area contributed by atoms with Crippen LogP contribution in [0.15, 0.2) is 47.1 Å². The van der Waals surface area contributed by atoms with Crippen molar-refractivity contribution in [3.63, 3.8) is 0 Å². The minimum absolute atomic E-state index is 0.148. The second kappa shape index (κ2) is 7.04. The highest BCUT2D eigenvalue weighted by Gasteiger charge is 2.21. The molecule has 0 saturated heterocycles. The molecule has 0 fully saturated rings. The van der Waals surface area contributed by atoms with Gasteiger partial charge in [-0.1, -0.05) is 18.2 Å². The molecule has 2 aromatic rings. The SMILES string of the molecule is CN(C)C(CNS(=O)(=O)Cc1ccccc1F)c1ccco1. The van der Waals surface area contributed by atoms with E-state index in [4.69, 9.17) is 4.42 Å². The first-order chi connectivity index (χ1) is 10.4. The number of sulfonamides is 1. The molecule has 0 bridgehead atoms. The second-order valence-electron chi connectivity index (χ2n) is 5.19. The number of halogens is 1. The first-order valence-electron chi connectivity index (χ1n) is 6.79. The predicted octanol–water partition coefficient (Wildman–Crippen LogP) is 2.14. The van der Waals surface area contributed by atoms with Crippen LogP contribution in [0.3, 0.4) is 0 Å². The molecule has 0 saturated carbocycles. The summed E-state index contributed by atoms with van der Waals surface area (Å²) in [7, 11) is 0.0283. The van der Waals surface area contributed by atoms with Crippen molar-refractivity contribution in [3.8, 4) is 0 Å². The molecule has 1 N–H and O–H groups in total. The Morgan fingerprint density at radius 3 is 2.55 bits per heavy atom. The van der Waals surface area contributed by atoms with Gasteiger partial charge in [-0.3, -0.25) is 4.90 Å². The molecule has 1 aromatic carbocycles. The van der Waals surface area contributed by atoms with Crippen LogP contribution in [0.1, 0.15) is 17.4 Å². The average Bonchev–Trinajstić information content (AvgIpc) is 2.95. The summed E-state index contributed by atoms with van der Waals surface area (Å²) in [6.07, 6.45) is 1.54. The minimum atomic E-state index is -3.64. The average molecular weight is 326 g/mol. The van der Waals surface area contributed by atoms with Gasteiger partial charge in [-0.15, -0.1) is 0 Å². The summed E-state index contributed by atoms with van der Waals surface area (Å²) < 4.78 is 45.6. The topological polar surface area (TPSA) is 62.6 Å². The molecule has 22 heavy (non-hydrogen) atoms. The van der Waals surface area contributed by atoms with Crippen molar-refractivity contribution in [2.75, 3.05) is 20.6 Å². The largest absolute Gasteiger partial charge is 0.468 e. The highest BCUT2D eigenvalue weighted by molar-refractivity contribution is 7.88. The molecular weight excluding hydrogens is 307 g/mol. The van der Waals surface area contributed by atoms with E-state index in [1.807, 2.05) is 19.0 Å². The first-order valence-corrected chi connectivity index (χ1v) is 8.45. The Balaban J connectivity index is 2.04. The molecular formula is C15H19FN2O3S. The van der Waals surface area contributed by atoms with E-state index < -0.39 is 21.6 Å². The maximum Gasteiger partial charge on any atom is 0.215 e. The van der Waals surface area contributed by atoms with Gasteiger partial charge in [0.05, 0.1) is 18.1 Å². The van der Waals surface area contributed by atoms with Gasteiger partial charge in [0, 0.05) is 12.1 Å². The van der Waals surface area contributed by atoms with Crippen LogP contribution >= 0.6 is 0 Å². The van der Waals surface area contributed by atoms with Crippen molar-refractivity contribution >= 4 is 10.0 Å². The van der Waals surface area contributed by atoms with Crippen LogP contribution in [0.25, 0.3) is 0 Å². The molecule has 0 spiro atoms. The summed E-state index contributed by atoms with van der Waals surface area (Å²) in [6, 6.07) is 9.15.